The molecule has 2 aromatic rings. The quantitative estimate of drug-likeness (QED) is 0.811. The van der Waals surface area contributed by atoms with Crippen molar-refractivity contribution in [1.82, 2.24) is 0 Å². The van der Waals surface area contributed by atoms with Crippen LogP contribution < -0.4 is 14.6 Å². The molecule has 110 valence electrons. The summed E-state index contributed by atoms with van der Waals surface area (Å²) >= 11 is 0. The van der Waals surface area contributed by atoms with E-state index in [9.17, 15) is 9.90 Å². The molecule has 0 aliphatic heterocycles. The van der Waals surface area contributed by atoms with Crippen LogP contribution in [-0.2, 0) is 11.2 Å². The lowest BCUT2D eigenvalue weighted by Gasteiger charge is -2.20. The fourth-order valence-electron chi connectivity index (χ4n) is 2.26. The Hall–Kier alpha value is -2.49. The zero-order valence-electron chi connectivity index (χ0n) is 12.0. The first kappa shape index (κ1) is 14.9. The molecule has 0 amide bonds. The predicted octanol–water partition coefficient (Wildman–Crippen LogP) is 1.78. The second kappa shape index (κ2) is 6.79. The summed E-state index contributed by atoms with van der Waals surface area (Å²) in [5.41, 5.74) is 1.58. The molecule has 0 bridgehead atoms. The van der Waals surface area contributed by atoms with E-state index in [1.807, 2.05) is 30.3 Å². The maximum absolute atomic E-state index is 11.5. The van der Waals surface area contributed by atoms with Gasteiger partial charge in [0.1, 0.15) is 0 Å². The van der Waals surface area contributed by atoms with Crippen LogP contribution in [0.2, 0.25) is 0 Å². The van der Waals surface area contributed by atoms with Crippen LogP contribution in [0.25, 0.3) is 0 Å². The Kier molecular flexibility index (Phi) is 4.82. The van der Waals surface area contributed by atoms with E-state index in [0.29, 0.717) is 23.5 Å². The number of aliphatic carboxylic acids is 1. The van der Waals surface area contributed by atoms with Gasteiger partial charge in [0.2, 0.25) is 0 Å². The third kappa shape index (κ3) is 3.54. The van der Waals surface area contributed by atoms with E-state index in [1.54, 1.807) is 18.2 Å². The Labute approximate surface area is 123 Å². The van der Waals surface area contributed by atoms with Crippen molar-refractivity contribution in [2.45, 2.75) is 12.3 Å². The van der Waals surface area contributed by atoms with E-state index >= 15 is 0 Å². The topological polar surface area (TPSA) is 58.6 Å². The number of ether oxygens (including phenoxy) is 2. The molecular weight excluding hydrogens is 268 g/mol. The van der Waals surface area contributed by atoms with Crippen molar-refractivity contribution < 1.29 is 19.4 Å². The van der Waals surface area contributed by atoms with E-state index < -0.39 is 11.9 Å². The summed E-state index contributed by atoms with van der Waals surface area (Å²) in [7, 11) is 3.06. The van der Waals surface area contributed by atoms with Gasteiger partial charge in [0.05, 0.1) is 14.2 Å². The number of hydrogen-bond acceptors (Lipinski definition) is 4. The molecule has 0 heterocycles. The second-order valence-corrected chi connectivity index (χ2v) is 4.68. The maximum Gasteiger partial charge on any atom is 0.161 e. The third-order valence-electron chi connectivity index (χ3n) is 3.38. The van der Waals surface area contributed by atoms with Gasteiger partial charge in [-0.15, -0.1) is 0 Å². The number of carboxylic acid groups (broad SMARTS) is 1. The average Bonchev–Trinajstić information content (AvgIpc) is 2.52. The highest BCUT2D eigenvalue weighted by atomic mass is 16.5. The molecular formula is C17H17O4-. The summed E-state index contributed by atoms with van der Waals surface area (Å²) in [5, 5.41) is 11.5. The first-order chi connectivity index (χ1) is 10.2. The maximum atomic E-state index is 11.5. The van der Waals surface area contributed by atoms with Crippen LogP contribution in [0.4, 0.5) is 0 Å². The second-order valence-electron chi connectivity index (χ2n) is 4.68. The largest absolute Gasteiger partial charge is 0.549 e. The van der Waals surface area contributed by atoms with Crippen molar-refractivity contribution in [3.63, 3.8) is 0 Å². The molecule has 0 saturated heterocycles. The van der Waals surface area contributed by atoms with Crippen LogP contribution in [-0.4, -0.2) is 20.2 Å². The van der Waals surface area contributed by atoms with E-state index in [4.69, 9.17) is 9.47 Å². The lowest BCUT2D eigenvalue weighted by atomic mass is 9.92. The van der Waals surface area contributed by atoms with Gasteiger partial charge in [0.15, 0.2) is 11.5 Å². The first-order valence-corrected chi connectivity index (χ1v) is 6.62. The molecule has 4 heteroatoms. The molecule has 0 saturated carbocycles. The van der Waals surface area contributed by atoms with Crippen LogP contribution in [0, 0.1) is 0 Å². The van der Waals surface area contributed by atoms with Gasteiger partial charge >= 0.3 is 0 Å². The molecule has 0 spiro atoms. The molecule has 0 fully saturated rings. The van der Waals surface area contributed by atoms with Crippen LogP contribution in [0.5, 0.6) is 11.5 Å². The van der Waals surface area contributed by atoms with Crippen LogP contribution in [0.1, 0.15) is 17.0 Å². The average molecular weight is 285 g/mol. The summed E-state index contributed by atoms with van der Waals surface area (Å²) in [5.74, 6) is -0.759. The predicted molar refractivity (Wildman–Crippen MR) is 77.4 cm³/mol. The van der Waals surface area contributed by atoms with E-state index in [0.717, 1.165) is 5.56 Å². The Balaban J connectivity index is 2.32. The molecule has 1 unspecified atom stereocenters. The summed E-state index contributed by atoms with van der Waals surface area (Å²) in [6, 6.07) is 14.6. The number of carbonyl (C=O) groups is 1. The third-order valence-corrected chi connectivity index (χ3v) is 3.38. The Bertz CT molecular complexity index is 607. The minimum Gasteiger partial charge on any atom is -0.549 e. The molecule has 2 aromatic carbocycles. The summed E-state index contributed by atoms with van der Waals surface area (Å²) in [6.07, 6.45) is 0.374. The van der Waals surface area contributed by atoms with Gasteiger partial charge < -0.3 is 19.4 Å². The van der Waals surface area contributed by atoms with Gasteiger partial charge in [-0.25, -0.2) is 0 Å². The first-order valence-electron chi connectivity index (χ1n) is 6.62. The van der Waals surface area contributed by atoms with Gasteiger partial charge in [-0.3, -0.25) is 0 Å². The zero-order chi connectivity index (χ0) is 15.2. The van der Waals surface area contributed by atoms with Crippen molar-refractivity contribution in [2.75, 3.05) is 14.2 Å². The van der Waals surface area contributed by atoms with Crippen molar-refractivity contribution >= 4 is 5.97 Å². The molecule has 4 nitrogen and oxygen atoms in total. The minimum absolute atomic E-state index is 0.374. The van der Waals surface area contributed by atoms with Gasteiger partial charge in [-0.2, -0.15) is 0 Å². The lowest BCUT2D eigenvalue weighted by molar-refractivity contribution is -0.308. The van der Waals surface area contributed by atoms with E-state index in [-0.39, 0.29) is 0 Å². The van der Waals surface area contributed by atoms with Crippen molar-refractivity contribution in [3.8, 4) is 11.5 Å². The molecule has 21 heavy (non-hydrogen) atoms. The number of methoxy groups -OCH3 is 2. The number of benzene rings is 2. The molecule has 0 radical (unpaired) electrons. The van der Waals surface area contributed by atoms with Crippen molar-refractivity contribution in [2.24, 2.45) is 0 Å². The molecule has 0 aromatic heterocycles. The molecule has 0 aliphatic carbocycles. The van der Waals surface area contributed by atoms with Gasteiger partial charge in [0.25, 0.3) is 0 Å². The lowest BCUT2D eigenvalue weighted by Crippen LogP contribution is -2.31. The van der Waals surface area contributed by atoms with Gasteiger partial charge in [0, 0.05) is 11.9 Å². The minimum atomic E-state index is -1.11. The number of rotatable bonds is 6. The zero-order valence-corrected chi connectivity index (χ0v) is 12.0. The Morgan fingerprint density at radius 1 is 1.05 bits per heavy atom. The number of carboxylic acids is 1. The molecule has 0 N–H and O–H groups in total. The van der Waals surface area contributed by atoms with Crippen molar-refractivity contribution in [3.05, 3.63) is 59.7 Å². The molecule has 2 rings (SSSR count). The normalized spacial score (nSPS) is 11.7. The number of carbonyl (C=O) groups excluding carboxylic acids is 1. The summed E-state index contributed by atoms with van der Waals surface area (Å²) in [4.78, 5) is 11.5. The highest BCUT2D eigenvalue weighted by Crippen LogP contribution is 2.31. The standard InChI is InChI=1S/C17H18O4/c1-20-15-9-8-13(11-16(15)21-2)14(17(18)19)10-12-6-4-3-5-7-12/h3-9,11,14H,10H2,1-2H3,(H,18,19)/p-1. The summed E-state index contributed by atoms with van der Waals surface area (Å²) in [6.45, 7) is 0. The van der Waals surface area contributed by atoms with E-state index in [2.05, 4.69) is 0 Å². The summed E-state index contributed by atoms with van der Waals surface area (Å²) < 4.78 is 10.4. The number of hydrogen-bond donors (Lipinski definition) is 0. The highest BCUT2D eigenvalue weighted by molar-refractivity contribution is 5.75. The van der Waals surface area contributed by atoms with Gasteiger partial charge in [-0.05, 0) is 29.7 Å². The SMILES string of the molecule is COc1ccc(C(Cc2ccccc2)C(=O)[O-])cc1OC. The fourth-order valence-corrected chi connectivity index (χ4v) is 2.26. The Morgan fingerprint density at radius 3 is 2.29 bits per heavy atom. The van der Waals surface area contributed by atoms with Crippen LogP contribution in [0.15, 0.2) is 48.5 Å². The Morgan fingerprint density at radius 2 is 1.71 bits per heavy atom. The fraction of sp³-hybridized carbons (Fsp3) is 0.235. The van der Waals surface area contributed by atoms with Crippen LogP contribution >= 0.6 is 0 Å². The van der Waals surface area contributed by atoms with E-state index in [1.165, 1.54) is 14.2 Å². The van der Waals surface area contributed by atoms with Crippen molar-refractivity contribution in [1.29, 1.82) is 0 Å². The smallest absolute Gasteiger partial charge is 0.161 e. The molecule has 0 aliphatic rings. The van der Waals surface area contributed by atoms with Gasteiger partial charge in [-0.1, -0.05) is 36.4 Å². The highest BCUT2D eigenvalue weighted by Gasteiger charge is 2.16. The monoisotopic (exact) mass is 285 g/mol. The molecule has 1 atom stereocenters. The van der Waals surface area contributed by atoms with Crippen LogP contribution in [0.3, 0.4) is 0 Å².